The van der Waals surface area contributed by atoms with Crippen molar-refractivity contribution in [2.75, 3.05) is 0 Å². The Morgan fingerprint density at radius 2 is 1.95 bits per heavy atom. The Morgan fingerprint density at radius 3 is 2.57 bits per heavy atom. The molecule has 0 heterocycles. The van der Waals surface area contributed by atoms with Crippen molar-refractivity contribution in [2.45, 2.75) is 44.9 Å². The van der Waals surface area contributed by atoms with Crippen molar-refractivity contribution in [1.82, 2.24) is 5.32 Å². The molecule has 0 bridgehead atoms. The van der Waals surface area contributed by atoms with Crippen LogP contribution in [0.3, 0.4) is 0 Å². The van der Waals surface area contributed by atoms with E-state index in [0.717, 1.165) is 24.0 Å². The van der Waals surface area contributed by atoms with Crippen molar-refractivity contribution in [2.24, 2.45) is 0 Å². The Labute approximate surface area is 130 Å². The van der Waals surface area contributed by atoms with E-state index in [-0.39, 0.29) is 17.1 Å². The van der Waals surface area contributed by atoms with Crippen LogP contribution in [0.25, 0.3) is 5.57 Å². The number of carbonyl (C=O) groups excluding carboxylic acids is 2. The molecule has 1 aromatic carbocycles. The summed E-state index contributed by atoms with van der Waals surface area (Å²) in [6, 6.07) is 7.43. The van der Waals surface area contributed by atoms with Gasteiger partial charge in [-0.3, -0.25) is 9.59 Å². The minimum Gasteiger partial charge on any atom is -0.323 e. The SMILES string of the molecule is CCCCC(=O)NC1=C(CC(C)Cl)c2ccccc2C1=O. The molecule has 1 aromatic rings. The topological polar surface area (TPSA) is 46.2 Å². The first-order chi connectivity index (χ1) is 10.0. The summed E-state index contributed by atoms with van der Waals surface area (Å²) in [6.07, 6.45) is 2.77. The third-order valence-electron chi connectivity index (χ3n) is 3.53. The molecule has 21 heavy (non-hydrogen) atoms. The Bertz CT molecular complexity index is 590. The van der Waals surface area contributed by atoms with Crippen LogP contribution in [0.1, 0.15) is 55.5 Å². The number of nitrogens with one attached hydrogen (secondary N) is 1. The third kappa shape index (κ3) is 3.53. The maximum absolute atomic E-state index is 12.5. The zero-order valence-electron chi connectivity index (χ0n) is 12.4. The molecule has 4 heteroatoms. The van der Waals surface area contributed by atoms with Gasteiger partial charge in [0.05, 0.1) is 5.70 Å². The van der Waals surface area contributed by atoms with Gasteiger partial charge in [0, 0.05) is 17.4 Å². The lowest BCUT2D eigenvalue weighted by Gasteiger charge is -2.10. The van der Waals surface area contributed by atoms with Gasteiger partial charge in [-0.1, -0.05) is 37.6 Å². The molecule has 1 unspecified atom stereocenters. The molecular weight excluding hydrogens is 286 g/mol. The molecule has 0 aliphatic heterocycles. The van der Waals surface area contributed by atoms with Crippen LogP contribution in [0, 0.1) is 0 Å². The van der Waals surface area contributed by atoms with Gasteiger partial charge in [-0.2, -0.15) is 0 Å². The predicted octanol–water partition coefficient (Wildman–Crippen LogP) is 3.92. The van der Waals surface area contributed by atoms with Crippen LogP contribution in [-0.4, -0.2) is 17.1 Å². The molecule has 0 saturated carbocycles. The van der Waals surface area contributed by atoms with E-state index >= 15 is 0 Å². The Kier molecular flexibility index (Phi) is 5.18. The van der Waals surface area contributed by atoms with Gasteiger partial charge >= 0.3 is 0 Å². The number of unbranched alkanes of at least 4 members (excludes halogenated alkanes) is 1. The lowest BCUT2D eigenvalue weighted by atomic mass is 10.0. The number of benzene rings is 1. The number of carbonyl (C=O) groups is 2. The van der Waals surface area contributed by atoms with Gasteiger partial charge in [0.2, 0.25) is 11.7 Å². The highest BCUT2D eigenvalue weighted by Gasteiger charge is 2.30. The maximum Gasteiger partial charge on any atom is 0.224 e. The van der Waals surface area contributed by atoms with Crippen LogP contribution < -0.4 is 5.32 Å². The minimum atomic E-state index is -0.109. The molecule has 1 amide bonds. The van der Waals surface area contributed by atoms with Crippen LogP contribution in [0.4, 0.5) is 0 Å². The minimum absolute atomic E-state index is 0.0958. The fraction of sp³-hybridized carbons (Fsp3) is 0.412. The van der Waals surface area contributed by atoms with E-state index in [9.17, 15) is 9.59 Å². The van der Waals surface area contributed by atoms with Crippen molar-refractivity contribution < 1.29 is 9.59 Å². The molecule has 0 radical (unpaired) electrons. The first-order valence-electron chi connectivity index (χ1n) is 7.35. The first kappa shape index (κ1) is 15.8. The lowest BCUT2D eigenvalue weighted by Crippen LogP contribution is -2.26. The van der Waals surface area contributed by atoms with Gasteiger partial charge in [-0.25, -0.2) is 0 Å². The fourth-order valence-electron chi connectivity index (χ4n) is 2.52. The van der Waals surface area contributed by atoms with Crippen molar-refractivity contribution in [3.63, 3.8) is 0 Å². The van der Waals surface area contributed by atoms with Gasteiger partial charge in [0.1, 0.15) is 0 Å². The highest BCUT2D eigenvalue weighted by atomic mass is 35.5. The summed E-state index contributed by atoms with van der Waals surface area (Å²) in [5, 5.41) is 2.70. The number of fused-ring (bicyclic) bond motifs is 1. The molecule has 0 spiro atoms. The number of hydrogen-bond donors (Lipinski definition) is 1. The normalized spacial score (nSPS) is 15.1. The Morgan fingerprint density at radius 1 is 1.29 bits per heavy atom. The second kappa shape index (κ2) is 6.90. The maximum atomic E-state index is 12.5. The predicted molar refractivity (Wildman–Crippen MR) is 85.3 cm³/mol. The molecular formula is C17H20ClNO2. The van der Waals surface area contributed by atoms with Crippen LogP contribution in [0.5, 0.6) is 0 Å². The van der Waals surface area contributed by atoms with Crippen LogP contribution in [0.2, 0.25) is 0 Å². The summed E-state index contributed by atoms with van der Waals surface area (Å²) < 4.78 is 0. The molecule has 0 fully saturated rings. The van der Waals surface area contributed by atoms with Gasteiger partial charge in [0.25, 0.3) is 0 Å². The molecule has 1 aliphatic carbocycles. The summed E-state index contributed by atoms with van der Waals surface area (Å²) in [5.74, 6) is -0.213. The molecule has 0 saturated heterocycles. The summed E-state index contributed by atoms with van der Waals surface area (Å²) >= 11 is 6.10. The Balaban J connectivity index is 2.30. The fourth-order valence-corrected chi connectivity index (χ4v) is 2.67. The first-order valence-corrected chi connectivity index (χ1v) is 7.79. The van der Waals surface area contributed by atoms with Crippen LogP contribution >= 0.6 is 11.6 Å². The van der Waals surface area contributed by atoms with Gasteiger partial charge in [0.15, 0.2) is 0 Å². The molecule has 2 rings (SSSR count). The van der Waals surface area contributed by atoms with E-state index in [1.165, 1.54) is 0 Å². The molecule has 1 N–H and O–H groups in total. The number of rotatable bonds is 6. The second-order valence-electron chi connectivity index (χ2n) is 5.36. The summed E-state index contributed by atoms with van der Waals surface area (Å²) in [5.41, 5.74) is 2.80. The number of allylic oxidation sites excluding steroid dienone is 2. The molecule has 3 nitrogen and oxygen atoms in total. The van der Waals surface area contributed by atoms with Crippen LogP contribution in [0.15, 0.2) is 30.0 Å². The van der Waals surface area contributed by atoms with E-state index in [0.29, 0.717) is 24.1 Å². The van der Waals surface area contributed by atoms with E-state index in [1.54, 1.807) is 6.07 Å². The number of alkyl halides is 1. The van der Waals surface area contributed by atoms with Crippen molar-refractivity contribution in [3.8, 4) is 0 Å². The highest BCUT2D eigenvalue weighted by molar-refractivity contribution is 6.24. The molecule has 112 valence electrons. The molecule has 0 aromatic heterocycles. The zero-order chi connectivity index (χ0) is 15.4. The van der Waals surface area contributed by atoms with Gasteiger partial charge in [-0.05, 0) is 30.9 Å². The largest absolute Gasteiger partial charge is 0.323 e. The highest BCUT2D eigenvalue weighted by Crippen LogP contribution is 2.35. The number of ketones is 1. The smallest absolute Gasteiger partial charge is 0.224 e. The van der Waals surface area contributed by atoms with Crippen molar-refractivity contribution in [1.29, 1.82) is 0 Å². The third-order valence-corrected chi connectivity index (χ3v) is 3.69. The van der Waals surface area contributed by atoms with E-state index in [2.05, 4.69) is 5.32 Å². The summed E-state index contributed by atoms with van der Waals surface area (Å²) in [4.78, 5) is 24.4. The van der Waals surface area contributed by atoms with Gasteiger partial charge in [-0.15, -0.1) is 11.6 Å². The molecule has 1 atom stereocenters. The van der Waals surface area contributed by atoms with Gasteiger partial charge < -0.3 is 5.32 Å². The van der Waals surface area contributed by atoms with Crippen LogP contribution in [-0.2, 0) is 4.79 Å². The van der Waals surface area contributed by atoms with E-state index < -0.39 is 0 Å². The lowest BCUT2D eigenvalue weighted by molar-refractivity contribution is -0.120. The number of halogens is 1. The quantitative estimate of drug-likeness (QED) is 0.810. The average molecular weight is 306 g/mol. The summed E-state index contributed by atoms with van der Waals surface area (Å²) in [6.45, 7) is 3.92. The Hall–Kier alpha value is -1.61. The van der Waals surface area contributed by atoms with E-state index in [4.69, 9.17) is 11.6 Å². The van der Waals surface area contributed by atoms with E-state index in [1.807, 2.05) is 32.0 Å². The standard InChI is InChI=1S/C17H20ClNO2/c1-3-4-9-15(20)19-16-14(10-11(2)18)12-7-5-6-8-13(12)17(16)21/h5-8,11H,3-4,9-10H2,1-2H3,(H,19,20,21). The zero-order valence-corrected chi connectivity index (χ0v) is 13.2. The summed E-state index contributed by atoms with van der Waals surface area (Å²) in [7, 11) is 0. The average Bonchev–Trinajstić information content (AvgIpc) is 2.71. The molecule has 1 aliphatic rings. The second-order valence-corrected chi connectivity index (χ2v) is 6.11. The number of Topliss-reactive ketones (excluding diaryl/α,β-unsaturated/α-hetero) is 1. The van der Waals surface area contributed by atoms with Crippen molar-refractivity contribution in [3.05, 3.63) is 41.1 Å². The van der Waals surface area contributed by atoms with Crippen molar-refractivity contribution >= 4 is 28.9 Å². The monoisotopic (exact) mass is 305 g/mol. The number of hydrogen-bond acceptors (Lipinski definition) is 2. The number of amides is 1.